The molecular weight excluding hydrogens is 196 g/mol. The van der Waals surface area contributed by atoms with Gasteiger partial charge in [-0.25, -0.2) is 0 Å². The van der Waals surface area contributed by atoms with Gasteiger partial charge in [-0.15, -0.1) is 6.58 Å². The molecule has 2 heteroatoms. The van der Waals surface area contributed by atoms with Gasteiger partial charge in [0.05, 0.1) is 0 Å². The zero-order chi connectivity index (χ0) is 11.4. The van der Waals surface area contributed by atoms with E-state index in [1.54, 1.807) is 0 Å². The Morgan fingerprint density at radius 2 is 2.31 bits per heavy atom. The first-order chi connectivity index (χ1) is 7.79. The van der Waals surface area contributed by atoms with Gasteiger partial charge in [0.2, 0.25) is 0 Å². The largest absolute Gasteiger partial charge is 0.312 e. The molecule has 1 aliphatic rings. The minimum atomic E-state index is 0.940. The van der Waals surface area contributed by atoms with Crippen LogP contribution in [0.4, 0.5) is 0 Å². The fraction of sp³-hybridized carbons (Fsp3) is 0.429. The van der Waals surface area contributed by atoms with Crippen LogP contribution in [0.3, 0.4) is 0 Å². The molecule has 0 aromatic heterocycles. The van der Waals surface area contributed by atoms with Crippen molar-refractivity contribution in [3.63, 3.8) is 0 Å². The van der Waals surface area contributed by atoms with Gasteiger partial charge in [-0.1, -0.05) is 24.3 Å². The van der Waals surface area contributed by atoms with Crippen LogP contribution < -0.4 is 5.32 Å². The minimum absolute atomic E-state index is 0.940. The first kappa shape index (κ1) is 11.4. The monoisotopic (exact) mass is 216 g/mol. The third-order valence-corrected chi connectivity index (χ3v) is 3.05. The lowest BCUT2D eigenvalue weighted by Gasteiger charge is -2.20. The molecule has 0 atom stereocenters. The summed E-state index contributed by atoms with van der Waals surface area (Å²) in [5.41, 5.74) is 4.37. The topological polar surface area (TPSA) is 15.3 Å². The van der Waals surface area contributed by atoms with Crippen molar-refractivity contribution in [1.82, 2.24) is 10.2 Å². The van der Waals surface area contributed by atoms with Crippen molar-refractivity contribution < 1.29 is 0 Å². The van der Waals surface area contributed by atoms with Gasteiger partial charge < -0.3 is 5.32 Å². The van der Waals surface area contributed by atoms with Crippen molar-refractivity contribution in [2.75, 3.05) is 20.1 Å². The summed E-state index contributed by atoms with van der Waals surface area (Å²) in [5, 5.41) is 3.42. The standard InChI is InChI=1S/C14H20N2/c1-3-8-16(2)11-12-4-5-13-6-7-15-10-14(13)9-12/h3-5,9,15H,1,6-8,10-11H2,2H3. The van der Waals surface area contributed by atoms with Crippen molar-refractivity contribution >= 4 is 0 Å². The molecule has 0 saturated heterocycles. The van der Waals surface area contributed by atoms with Crippen LogP contribution >= 0.6 is 0 Å². The summed E-state index contributed by atoms with van der Waals surface area (Å²) in [4.78, 5) is 2.27. The molecule has 2 rings (SSSR count). The van der Waals surface area contributed by atoms with Gasteiger partial charge >= 0.3 is 0 Å². The number of rotatable bonds is 4. The van der Waals surface area contributed by atoms with Crippen LogP contribution in [0.2, 0.25) is 0 Å². The Morgan fingerprint density at radius 3 is 3.12 bits per heavy atom. The molecule has 1 N–H and O–H groups in total. The van der Waals surface area contributed by atoms with E-state index in [1.807, 2.05) is 6.08 Å². The zero-order valence-corrected chi connectivity index (χ0v) is 10.00. The molecule has 86 valence electrons. The van der Waals surface area contributed by atoms with Crippen LogP contribution in [0.1, 0.15) is 16.7 Å². The maximum Gasteiger partial charge on any atom is 0.0234 e. The average molecular weight is 216 g/mol. The molecule has 1 aliphatic heterocycles. The smallest absolute Gasteiger partial charge is 0.0234 e. The number of likely N-dealkylation sites (N-methyl/N-ethyl adjacent to an activating group) is 1. The number of fused-ring (bicyclic) bond motifs is 1. The molecule has 0 fully saturated rings. The number of nitrogens with one attached hydrogen (secondary N) is 1. The van der Waals surface area contributed by atoms with E-state index in [-0.39, 0.29) is 0 Å². The van der Waals surface area contributed by atoms with Gasteiger partial charge in [0.25, 0.3) is 0 Å². The van der Waals surface area contributed by atoms with Crippen LogP contribution in [-0.2, 0) is 19.5 Å². The quantitative estimate of drug-likeness (QED) is 0.774. The molecule has 1 aromatic carbocycles. The molecule has 0 amide bonds. The summed E-state index contributed by atoms with van der Waals surface area (Å²) >= 11 is 0. The number of hydrogen-bond donors (Lipinski definition) is 1. The highest BCUT2D eigenvalue weighted by atomic mass is 15.1. The second kappa shape index (κ2) is 5.28. The first-order valence-corrected chi connectivity index (χ1v) is 5.90. The Labute approximate surface area is 98.0 Å². The average Bonchev–Trinajstić information content (AvgIpc) is 2.29. The van der Waals surface area contributed by atoms with E-state index in [4.69, 9.17) is 0 Å². The predicted molar refractivity (Wildman–Crippen MR) is 68.4 cm³/mol. The Morgan fingerprint density at radius 1 is 1.44 bits per heavy atom. The molecule has 0 radical (unpaired) electrons. The molecule has 1 heterocycles. The van der Waals surface area contributed by atoms with E-state index in [0.29, 0.717) is 0 Å². The van der Waals surface area contributed by atoms with E-state index in [9.17, 15) is 0 Å². The van der Waals surface area contributed by atoms with Crippen molar-refractivity contribution in [2.24, 2.45) is 0 Å². The van der Waals surface area contributed by atoms with Gasteiger partial charge in [0.15, 0.2) is 0 Å². The Bertz CT molecular complexity index is 371. The fourth-order valence-corrected chi connectivity index (χ4v) is 2.23. The summed E-state index contributed by atoms with van der Waals surface area (Å²) in [7, 11) is 2.12. The summed E-state index contributed by atoms with van der Waals surface area (Å²) in [6, 6.07) is 6.87. The third kappa shape index (κ3) is 2.71. The Balaban J connectivity index is 2.08. The van der Waals surface area contributed by atoms with Crippen molar-refractivity contribution in [3.05, 3.63) is 47.5 Å². The molecule has 0 unspecified atom stereocenters. The summed E-state index contributed by atoms with van der Waals surface area (Å²) < 4.78 is 0. The molecular formula is C14H20N2. The second-order valence-electron chi connectivity index (χ2n) is 4.52. The molecule has 2 nitrogen and oxygen atoms in total. The maximum atomic E-state index is 3.76. The normalized spacial score (nSPS) is 14.9. The van der Waals surface area contributed by atoms with Gasteiger partial charge in [-0.2, -0.15) is 0 Å². The van der Waals surface area contributed by atoms with E-state index in [1.165, 1.54) is 16.7 Å². The fourth-order valence-electron chi connectivity index (χ4n) is 2.23. The second-order valence-corrected chi connectivity index (χ2v) is 4.52. The van der Waals surface area contributed by atoms with Gasteiger partial charge in [-0.05, 0) is 36.7 Å². The highest BCUT2D eigenvalue weighted by Gasteiger charge is 2.09. The third-order valence-electron chi connectivity index (χ3n) is 3.05. The lowest BCUT2D eigenvalue weighted by molar-refractivity contribution is 0.363. The van der Waals surface area contributed by atoms with Crippen molar-refractivity contribution in [3.8, 4) is 0 Å². The number of benzene rings is 1. The first-order valence-electron chi connectivity index (χ1n) is 5.90. The van der Waals surface area contributed by atoms with E-state index < -0.39 is 0 Å². The molecule has 0 saturated carbocycles. The number of nitrogens with zero attached hydrogens (tertiary/aromatic N) is 1. The van der Waals surface area contributed by atoms with Crippen molar-refractivity contribution in [1.29, 1.82) is 0 Å². The maximum absolute atomic E-state index is 3.76. The SMILES string of the molecule is C=CCN(C)Cc1ccc2c(c1)CNCC2. The zero-order valence-electron chi connectivity index (χ0n) is 10.00. The molecule has 0 bridgehead atoms. The lowest BCUT2D eigenvalue weighted by atomic mass is 9.98. The van der Waals surface area contributed by atoms with Crippen molar-refractivity contribution in [2.45, 2.75) is 19.5 Å². The van der Waals surface area contributed by atoms with Crippen LogP contribution in [0.15, 0.2) is 30.9 Å². The van der Waals surface area contributed by atoms with Crippen LogP contribution in [0, 0.1) is 0 Å². The molecule has 1 aromatic rings. The lowest BCUT2D eigenvalue weighted by Crippen LogP contribution is -2.24. The summed E-state index contributed by atoms with van der Waals surface area (Å²) in [6.45, 7) is 7.84. The Kier molecular flexibility index (Phi) is 3.75. The van der Waals surface area contributed by atoms with E-state index >= 15 is 0 Å². The van der Waals surface area contributed by atoms with Gasteiger partial charge in [0.1, 0.15) is 0 Å². The molecule has 0 aliphatic carbocycles. The van der Waals surface area contributed by atoms with Crippen LogP contribution in [0.5, 0.6) is 0 Å². The predicted octanol–water partition coefficient (Wildman–Crippen LogP) is 1.95. The van der Waals surface area contributed by atoms with Gasteiger partial charge in [0, 0.05) is 19.6 Å². The summed E-state index contributed by atoms with van der Waals surface area (Å²) in [5.74, 6) is 0. The minimum Gasteiger partial charge on any atom is -0.312 e. The van der Waals surface area contributed by atoms with Crippen LogP contribution in [-0.4, -0.2) is 25.0 Å². The van der Waals surface area contributed by atoms with Gasteiger partial charge in [-0.3, -0.25) is 4.90 Å². The molecule has 0 spiro atoms. The summed E-state index contributed by atoms with van der Waals surface area (Å²) in [6.07, 6.45) is 3.11. The molecule has 16 heavy (non-hydrogen) atoms. The van der Waals surface area contributed by atoms with E-state index in [0.717, 1.165) is 32.6 Å². The Hall–Kier alpha value is -1.12. The number of hydrogen-bond acceptors (Lipinski definition) is 2. The van der Waals surface area contributed by atoms with E-state index in [2.05, 4.69) is 42.0 Å². The highest BCUT2D eigenvalue weighted by molar-refractivity contribution is 5.33. The van der Waals surface area contributed by atoms with Crippen LogP contribution in [0.25, 0.3) is 0 Å². The highest BCUT2D eigenvalue weighted by Crippen LogP contribution is 2.16.